The van der Waals surface area contributed by atoms with Crippen LogP contribution >= 0.6 is 0 Å². The van der Waals surface area contributed by atoms with Crippen LogP contribution in [0.15, 0.2) is 10.7 Å². The van der Waals surface area contributed by atoms with Gasteiger partial charge >= 0.3 is 5.97 Å². The van der Waals surface area contributed by atoms with E-state index in [2.05, 4.69) is 10.5 Å². The van der Waals surface area contributed by atoms with Gasteiger partial charge in [-0.2, -0.15) is 0 Å². The Kier molecular flexibility index (Phi) is 5.90. The summed E-state index contributed by atoms with van der Waals surface area (Å²) in [5.74, 6) is 0.0996. The SMILES string of the molecule is CCOC(=O)CCCCNC(=O)c1cnoc1C. The Balaban J connectivity index is 2.13. The Bertz CT molecular complexity index is 401. The van der Waals surface area contributed by atoms with E-state index in [0.717, 1.165) is 6.42 Å². The number of hydrogen-bond acceptors (Lipinski definition) is 5. The zero-order chi connectivity index (χ0) is 13.4. The van der Waals surface area contributed by atoms with Gasteiger partial charge in [-0.15, -0.1) is 0 Å². The van der Waals surface area contributed by atoms with Crippen LogP contribution in [0, 0.1) is 6.92 Å². The van der Waals surface area contributed by atoms with E-state index in [1.54, 1.807) is 13.8 Å². The second-order valence-electron chi connectivity index (χ2n) is 3.81. The van der Waals surface area contributed by atoms with Gasteiger partial charge in [0.2, 0.25) is 0 Å². The number of carbonyl (C=O) groups excluding carboxylic acids is 2. The summed E-state index contributed by atoms with van der Waals surface area (Å²) in [6.07, 6.45) is 3.20. The largest absolute Gasteiger partial charge is 0.466 e. The van der Waals surface area contributed by atoms with Gasteiger partial charge in [0, 0.05) is 13.0 Å². The van der Waals surface area contributed by atoms with Crippen LogP contribution < -0.4 is 5.32 Å². The summed E-state index contributed by atoms with van der Waals surface area (Å²) in [4.78, 5) is 22.7. The maximum absolute atomic E-state index is 11.6. The minimum atomic E-state index is -0.204. The Morgan fingerprint density at radius 2 is 2.22 bits per heavy atom. The second-order valence-corrected chi connectivity index (χ2v) is 3.81. The quantitative estimate of drug-likeness (QED) is 0.588. The summed E-state index contributed by atoms with van der Waals surface area (Å²) in [6.45, 7) is 4.38. The Labute approximate surface area is 106 Å². The first-order chi connectivity index (χ1) is 8.65. The van der Waals surface area contributed by atoms with E-state index >= 15 is 0 Å². The van der Waals surface area contributed by atoms with Crippen LogP contribution in [-0.2, 0) is 9.53 Å². The Morgan fingerprint density at radius 3 is 2.83 bits per heavy atom. The Morgan fingerprint density at radius 1 is 1.44 bits per heavy atom. The predicted octanol–water partition coefficient (Wildman–Crippen LogP) is 1.45. The van der Waals surface area contributed by atoms with Gasteiger partial charge < -0.3 is 14.6 Å². The third kappa shape index (κ3) is 4.57. The lowest BCUT2D eigenvalue weighted by Crippen LogP contribution is -2.24. The van der Waals surface area contributed by atoms with Gasteiger partial charge in [0.05, 0.1) is 12.8 Å². The molecule has 0 bridgehead atoms. The molecule has 0 radical (unpaired) electrons. The number of aromatic nitrogens is 1. The van der Waals surface area contributed by atoms with E-state index < -0.39 is 0 Å². The molecule has 1 heterocycles. The molecule has 0 saturated heterocycles. The van der Waals surface area contributed by atoms with E-state index in [1.807, 2.05) is 0 Å². The highest BCUT2D eigenvalue weighted by atomic mass is 16.5. The highest BCUT2D eigenvalue weighted by Gasteiger charge is 2.11. The molecule has 0 atom stereocenters. The molecule has 6 heteroatoms. The van der Waals surface area contributed by atoms with Crippen molar-refractivity contribution >= 4 is 11.9 Å². The first kappa shape index (κ1) is 14.2. The van der Waals surface area contributed by atoms with Crippen molar-refractivity contribution in [2.75, 3.05) is 13.2 Å². The summed E-state index contributed by atoms with van der Waals surface area (Å²) in [6, 6.07) is 0. The van der Waals surface area contributed by atoms with E-state index in [1.165, 1.54) is 6.20 Å². The first-order valence-electron chi connectivity index (χ1n) is 6.00. The second kappa shape index (κ2) is 7.47. The number of ether oxygens (including phenoxy) is 1. The number of rotatable bonds is 7. The molecule has 1 aromatic rings. The number of aryl methyl sites for hydroxylation is 1. The molecule has 0 aliphatic heterocycles. The molecule has 0 aliphatic carbocycles. The molecule has 0 aromatic carbocycles. The van der Waals surface area contributed by atoms with Crippen LogP contribution in [0.3, 0.4) is 0 Å². The van der Waals surface area contributed by atoms with E-state index in [4.69, 9.17) is 9.26 Å². The summed E-state index contributed by atoms with van der Waals surface area (Å²) < 4.78 is 9.60. The van der Waals surface area contributed by atoms with Crippen molar-refractivity contribution < 1.29 is 18.8 Å². The van der Waals surface area contributed by atoms with E-state index in [9.17, 15) is 9.59 Å². The molecule has 1 rings (SSSR count). The van der Waals surface area contributed by atoms with Crippen molar-refractivity contribution in [1.29, 1.82) is 0 Å². The number of hydrogen-bond donors (Lipinski definition) is 1. The summed E-state index contributed by atoms with van der Waals surface area (Å²) >= 11 is 0. The zero-order valence-corrected chi connectivity index (χ0v) is 10.7. The molecular formula is C12H18N2O4. The van der Waals surface area contributed by atoms with Gasteiger partial charge in [0.15, 0.2) is 0 Å². The van der Waals surface area contributed by atoms with Gasteiger partial charge in [-0.3, -0.25) is 9.59 Å². The van der Waals surface area contributed by atoms with Crippen molar-refractivity contribution in [2.24, 2.45) is 0 Å². The predicted molar refractivity (Wildman–Crippen MR) is 64.1 cm³/mol. The van der Waals surface area contributed by atoms with E-state index in [-0.39, 0.29) is 11.9 Å². The first-order valence-corrected chi connectivity index (χ1v) is 6.00. The summed E-state index contributed by atoms with van der Waals surface area (Å²) in [7, 11) is 0. The average Bonchev–Trinajstić information content (AvgIpc) is 2.75. The van der Waals surface area contributed by atoms with Crippen LogP contribution in [0.5, 0.6) is 0 Å². The lowest BCUT2D eigenvalue weighted by molar-refractivity contribution is -0.143. The standard InChI is InChI=1S/C12H18N2O4/c1-3-17-11(15)6-4-5-7-13-12(16)10-8-14-18-9(10)2/h8H,3-7H2,1-2H3,(H,13,16). The maximum atomic E-state index is 11.6. The third-order valence-electron chi connectivity index (χ3n) is 2.39. The highest BCUT2D eigenvalue weighted by Crippen LogP contribution is 2.05. The molecule has 0 spiro atoms. The van der Waals surface area contributed by atoms with Gasteiger partial charge in [-0.05, 0) is 26.7 Å². The minimum absolute atomic E-state index is 0.196. The smallest absolute Gasteiger partial charge is 0.305 e. The number of amides is 1. The molecule has 1 amide bonds. The number of esters is 1. The molecule has 0 aliphatic rings. The van der Waals surface area contributed by atoms with Crippen LogP contribution in [-0.4, -0.2) is 30.2 Å². The Hall–Kier alpha value is -1.85. The van der Waals surface area contributed by atoms with Crippen molar-refractivity contribution in [3.8, 4) is 0 Å². The maximum Gasteiger partial charge on any atom is 0.305 e. The average molecular weight is 254 g/mol. The van der Waals surface area contributed by atoms with Crippen molar-refractivity contribution in [2.45, 2.75) is 33.1 Å². The lowest BCUT2D eigenvalue weighted by atomic mass is 10.2. The van der Waals surface area contributed by atoms with E-state index in [0.29, 0.717) is 37.3 Å². The number of carbonyl (C=O) groups is 2. The lowest BCUT2D eigenvalue weighted by Gasteiger charge is -2.04. The van der Waals surface area contributed by atoms with Crippen molar-refractivity contribution in [1.82, 2.24) is 10.5 Å². The minimum Gasteiger partial charge on any atom is -0.466 e. The van der Waals surface area contributed by atoms with Gasteiger partial charge in [-0.1, -0.05) is 5.16 Å². The fourth-order valence-electron chi connectivity index (χ4n) is 1.44. The molecule has 1 aromatic heterocycles. The topological polar surface area (TPSA) is 81.4 Å². The van der Waals surface area contributed by atoms with Gasteiger partial charge in [0.1, 0.15) is 11.3 Å². The fourth-order valence-corrected chi connectivity index (χ4v) is 1.44. The fraction of sp³-hybridized carbons (Fsp3) is 0.583. The van der Waals surface area contributed by atoms with Gasteiger partial charge in [0.25, 0.3) is 5.91 Å². The van der Waals surface area contributed by atoms with Crippen molar-refractivity contribution in [3.63, 3.8) is 0 Å². The molecule has 100 valence electrons. The molecular weight excluding hydrogens is 236 g/mol. The molecule has 1 N–H and O–H groups in total. The molecule has 6 nitrogen and oxygen atoms in total. The monoisotopic (exact) mass is 254 g/mol. The summed E-state index contributed by atoms with van der Waals surface area (Å²) in [5, 5.41) is 6.27. The van der Waals surface area contributed by atoms with Crippen LogP contribution in [0.4, 0.5) is 0 Å². The molecule has 0 fully saturated rings. The molecule has 0 unspecified atom stereocenters. The van der Waals surface area contributed by atoms with Gasteiger partial charge in [-0.25, -0.2) is 0 Å². The van der Waals surface area contributed by atoms with Crippen LogP contribution in [0.2, 0.25) is 0 Å². The highest BCUT2D eigenvalue weighted by molar-refractivity contribution is 5.94. The van der Waals surface area contributed by atoms with Crippen LogP contribution in [0.25, 0.3) is 0 Å². The normalized spacial score (nSPS) is 10.1. The summed E-state index contributed by atoms with van der Waals surface area (Å²) in [5.41, 5.74) is 0.445. The third-order valence-corrected chi connectivity index (χ3v) is 2.39. The zero-order valence-electron chi connectivity index (χ0n) is 10.7. The van der Waals surface area contributed by atoms with Crippen molar-refractivity contribution in [3.05, 3.63) is 17.5 Å². The number of nitrogens with one attached hydrogen (secondary N) is 1. The molecule has 18 heavy (non-hydrogen) atoms. The number of unbranched alkanes of at least 4 members (excludes halogenated alkanes) is 1. The number of nitrogens with zero attached hydrogens (tertiary/aromatic N) is 1. The van der Waals surface area contributed by atoms with Crippen LogP contribution in [0.1, 0.15) is 42.3 Å². The molecule has 0 saturated carbocycles.